The zero-order valence-corrected chi connectivity index (χ0v) is 17.7. The van der Waals surface area contributed by atoms with E-state index in [4.69, 9.17) is 0 Å². The first-order valence-electron chi connectivity index (χ1n) is 10.8. The van der Waals surface area contributed by atoms with Gasteiger partial charge in [0.25, 0.3) is 5.78 Å². The first-order valence-corrected chi connectivity index (χ1v) is 10.8. The monoisotopic (exact) mass is 425 g/mol. The molecule has 0 amide bonds. The van der Waals surface area contributed by atoms with Crippen molar-refractivity contribution in [3.63, 3.8) is 0 Å². The number of hydrogen-bond donors (Lipinski definition) is 2. The molecule has 1 aromatic carbocycles. The van der Waals surface area contributed by atoms with Crippen molar-refractivity contribution in [2.24, 2.45) is 0 Å². The maximum Gasteiger partial charge on any atom is 0.269 e. The van der Waals surface area contributed by atoms with Crippen molar-refractivity contribution in [2.75, 3.05) is 0 Å². The molecule has 8 heteroatoms. The molecule has 1 atom stereocenters. The summed E-state index contributed by atoms with van der Waals surface area (Å²) >= 11 is 0. The number of rotatable bonds is 13. The number of unbranched alkanes of at least 4 members (excludes halogenated alkanes) is 2. The van der Waals surface area contributed by atoms with Crippen LogP contribution in [0.5, 0.6) is 0 Å². The molecule has 7 nitrogen and oxygen atoms in total. The summed E-state index contributed by atoms with van der Waals surface area (Å²) in [4.78, 5) is 27.8. The van der Waals surface area contributed by atoms with Crippen LogP contribution in [0.4, 0.5) is 4.39 Å². The molecule has 0 saturated carbocycles. The molecule has 0 saturated heterocycles. The summed E-state index contributed by atoms with van der Waals surface area (Å²) < 4.78 is 13.0. The lowest BCUT2D eigenvalue weighted by molar-refractivity contribution is -0.114. The summed E-state index contributed by atoms with van der Waals surface area (Å²) in [5, 5.41) is 12.7. The predicted octanol–water partition coefficient (Wildman–Crippen LogP) is 4.35. The van der Waals surface area contributed by atoms with E-state index in [9.17, 15) is 14.0 Å². The van der Waals surface area contributed by atoms with E-state index in [0.29, 0.717) is 5.92 Å². The Kier molecular flexibility index (Phi) is 8.20. The molecule has 2 N–H and O–H groups in total. The van der Waals surface area contributed by atoms with Crippen molar-refractivity contribution < 1.29 is 14.0 Å². The van der Waals surface area contributed by atoms with Gasteiger partial charge < -0.3 is 4.98 Å². The number of nitrogens with one attached hydrogen (secondary N) is 2. The number of aryl methyl sites for hydroxylation is 1. The van der Waals surface area contributed by atoms with Gasteiger partial charge in [-0.1, -0.05) is 38.3 Å². The van der Waals surface area contributed by atoms with Crippen LogP contribution in [-0.2, 0) is 17.6 Å². The van der Waals surface area contributed by atoms with Crippen LogP contribution in [0.1, 0.15) is 78.8 Å². The van der Waals surface area contributed by atoms with E-state index in [0.717, 1.165) is 61.8 Å². The summed E-state index contributed by atoms with van der Waals surface area (Å²) in [5.74, 6) is -1.36. The molecule has 0 aliphatic heterocycles. The van der Waals surface area contributed by atoms with Crippen molar-refractivity contribution in [2.45, 2.75) is 64.2 Å². The van der Waals surface area contributed by atoms with Crippen molar-refractivity contribution in [3.8, 4) is 0 Å². The standard InChI is InChI=1S/C23H28FN5O2/c1-2-6-17(8-5-3-4-7-16-9-11-19(24)12-10-16)21-18(13-14-25-21)15-20(30)22(31)23-26-28-29-27-23/h9-14,17,25H,2-8,15H2,1H3,(H,26,27,28,29). The fourth-order valence-corrected chi connectivity index (χ4v) is 3.91. The van der Waals surface area contributed by atoms with Gasteiger partial charge in [-0.15, -0.1) is 10.2 Å². The molecular formula is C23H28FN5O2. The number of benzene rings is 1. The molecule has 0 aliphatic rings. The van der Waals surface area contributed by atoms with Gasteiger partial charge in [0.2, 0.25) is 11.6 Å². The molecule has 2 heterocycles. The van der Waals surface area contributed by atoms with E-state index in [1.807, 2.05) is 24.4 Å². The average molecular weight is 426 g/mol. The lowest BCUT2D eigenvalue weighted by Crippen LogP contribution is -2.19. The topological polar surface area (TPSA) is 104 Å². The highest BCUT2D eigenvalue weighted by Crippen LogP contribution is 2.29. The van der Waals surface area contributed by atoms with Crippen LogP contribution in [0, 0.1) is 5.82 Å². The van der Waals surface area contributed by atoms with Crippen molar-refractivity contribution in [1.29, 1.82) is 0 Å². The van der Waals surface area contributed by atoms with Crippen molar-refractivity contribution in [1.82, 2.24) is 25.6 Å². The van der Waals surface area contributed by atoms with Crippen LogP contribution in [0.2, 0.25) is 0 Å². The summed E-state index contributed by atoms with van der Waals surface area (Å²) in [5.41, 5.74) is 3.05. The molecule has 2 aromatic heterocycles. The number of tetrazole rings is 1. The van der Waals surface area contributed by atoms with Crippen molar-refractivity contribution in [3.05, 3.63) is 65.0 Å². The van der Waals surface area contributed by atoms with Crippen molar-refractivity contribution >= 4 is 11.6 Å². The highest BCUT2D eigenvalue weighted by molar-refractivity contribution is 6.43. The third-order valence-corrected chi connectivity index (χ3v) is 5.50. The number of nitrogens with zero attached hydrogens (tertiary/aromatic N) is 3. The number of aromatic nitrogens is 5. The second-order valence-electron chi connectivity index (χ2n) is 7.79. The van der Waals surface area contributed by atoms with Gasteiger partial charge in [0.15, 0.2) is 0 Å². The lowest BCUT2D eigenvalue weighted by atomic mass is 9.89. The van der Waals surface area contributed by atoms with E-state index < -0.39 is 11.6 Å². The van der Waals surface area contributed by atoms with Gasteiger partial charge >= 0.3 is 0 Å². The zero-order valence-electron chi connectivity index (χ0n) is 17.7. The second kappa shape index (κ2) is 11.3. The Labute approximate surface area is 180 Å². The maximum absolute atomic E-state index is 13.0. The van der Waals surface area contributed by atoms with Crippen LogP contribution in [-0.4, -0.2) is 37.2 Å². The Bertz CT molecular complexity index is 966. The first-order chi connectivity index (χ1) is 15.1. The number of H-pyrrole nitrogens is 2. The number of aromatic amines is 2. The van der Waals surface area contributed by atoms with Crippen LogP contribution in [0.15, 0.2) is 36.5 Å². The molecule has 31 heavy (non-hydrogen) atoms. The minimum Gasteiger partial charge on any atom is -0.365 e. The highest BCUT2D eigenvalue weighted by atomic mass is 19.1. The van der Waals surface area contributed by atoms with Gasteiger partial charge in [0.1, 0.15) is 5.82 Å². The molecule has 1 unspecified atom stereocenters. The van der Waals surface area contributed by atoms with Gasteiger partial charge in [-0.05, 0) is 66.1 Å². The number of Topliss-reactive ketones (excluding diaryl/α,β-unsaturated/α-hetero) is 2. The quantitative estimate of drug-likeness (QED) is 0.241. The Morgan fingerprint density at radius 2 is 1.87 bits per heavy atom. The molecule has 0 radical (unpaired) electrons. The lowest BCUT2D eigenvalue weighted by Gasteiger charge is -2.17. The fraction of sp³-hybridized carbons (Fsp3) is 0.435. The van der Waals surface area contributed by atoms with Gasteiger partial charge in [0, 0.05) is 18.3 Å². The predicted molar refractivity (Wildman–Crippen MR) is 114 cm³/mol. The van der Waals surface area contributed by atoms with E-state index in [1.165, 1.54) is 12.1 Å². The number of carbonyl (C=O) groups is 2. The van der Waals surface area contributed by atoms with Gasteiger partial charge in [-0.2, -0.15) is 5.21 Å². The largest absolute Gasteiger partial charge is 0.365 e. The Morgan fingerprint density at radius 1 is 1.06 bits per heavy atom. The van der Waals surface area contributed by atoms with E-state index in [1.54, 1.807) is 0 Å². The molecular weight excluding hydrogens is 397 g/mol. The second-order valence-corrected chi connectivity index (χ2v) is 7.79. The molecule has 0 aliphatic carbocycles. The SMILES string of the molecule is CCCC(CCCCCc1ccc(F)cc1)c1[nH]ccc1CC(=O)C(=O)c1nn[nH]n1. The van der Waals surface area contributed by atoms with E-state index >= 15 is 0 Å². The third kappa shape index (κ3) is 6.41. The van der Waals surface area contributed by atoms with Crippen LogP contribution >= 0.6 is 0 Å². The number of hydrogen-bond acceptors (Lipinski definition) is 5. The number of ketones is 2. The van der Waals surface area contributed by atoms with Gasteiger partial charge in [-0.3, -0.25) is 9.59 Å². The van der Waals surface area contributed by atoms with Gasteiger partial charge in [-0.25, -0.2) is 4.39 Å². The third-order valence-electron chi connectivity index (χ3n) is 5.50. The summed E-state index contributed by atoms with van der Waals surface area (Å²) in [6, 6.07) is 8.56. The smallest absolute Gasteiger partial charge is 0.269 e. The molecule has 0 spiro atoms. The molecule has 0 fully saturated rings. The highest BCUT2D eigenvalue weighted by Gasteiger charge is 2.24. The summed E-state index contributed by atoms with van der Waals surface area (Å²) in [7, 11) is 0. The summed E-state index contributed by atoms with van der Waals surface area (Å²) in [6.45, 7) is 2.15. The van der Waals surface area contributed by atoms with E-state index in [-0.39, 0.29) is 18.1 Å². The molecule has 3 aromatic rings. The van der Waals surface area contributed by atoms with Gasteiger partial charge in [0.05, 0.1) is 0 Å². The van der Waals surface area contributed by atoms with E-state index in [2.05, 4.69) is 32.5 Å². The Balaban J connectivity index is 1.52. The zero-order chi connectivity index (χ0) is 22.1. The first kappa shape index (κ1) is 22.5. The number of halogens is 1. The van der Waals surface area contributed by atoms with Crippen LogP contribution in [0.25, 0.3) is 0 Å². The minimum atomic E-state index is -0.728. The number of carbonyl (C=O) groups excluding carboxylic acids is 2. The summed E-state index contributed by atoms with van der Waals surface area (Å²) in [6.07, 6.45) is 9.07. The van der Waals surface area contributed by atoms with Crippen LogP contribution < -0.4 is 0 Å². The average Bonchev–Trinajstić information content (AvgIpc) is 3.46. The Hall–Kier alpha value is -3.16. The molecule has 3 rings (SSSR count). The fourth-order valence-electron chi connectivity index (χ4n) is 3.91. The Morgan fingerprint density at radius 3 is 2.58 bits per heavy atom. The maximum atomic E-state index is 13.0. The molecule has 0 bridgehead atoms. The van der Waals surface area contributed by atoms with Crippen LogP contribution in [0.3, 0.4) is 0 Å². The minimum absolute atomic E-state index is 0.0248. The molecule has 164 valence electrons. The normalized spacial score (nSPS) is 12.1.